The van der Waals surface area contributed by atoms with Gasteiger partial charge in [0.05, 0.1) is 6.54 Å². The maximum Gasteiger partial charge on any atom is 0.271 e. The van der Waals surface area contributed by atoms with E-state index in [0.717, 1.165) is 12.8 Å². The molecule has 0 aliphatic rings. The summed E-state index contributed by atoms with van der Waals surface area (Å²) in [6, 6.07) is 2.99. The number of hydrogen-bond donors (Lipinski definition) is 2. The topological polar surface area (TPSA) is 85.3 Å². The van der Waals surface area contributed by atoms with Gasteiger partial charge in [0.15, 0.2) is 0 Å². The van der Waals surface area contributed by atoms with Crippen LogP contribution in [0.1, 0.15) is 39.4 Å². The molecule has 0 bridgehead atoms. The smallest absolute Gasteiger partial charge is 0.271 e. The van der Waals surface area contributed by atoms with Gasteiger partial charge >= 0.3 is 0 Å². The fourth-order valence-corrected chi connectivity index (χ4v) is 2.13. The molecule has 98 valence electrons. The Balaban J connectivity index is 2.62. The lowest BCUT2D eigenvalue weighted by atomic mass is 9.99. The summed E-state index contributed by atoms with van der Waals surface area (Å²) in [7, 11) is -3.74. The van der Waals surface area contributed by atoms with Crippen molar-refractivity contribution in [2.75, 3.05) is 0 Å². The lowest BCUT2D eigenvalue weighted by molar-refractivity contribution is 0.325. The van der Waals surface area contributed by atoms with E-state index in [1.54, 1.807) is 6.07 Å². The summed E-state index contributed by atoms with van der Waals surface area (Å²) in [4.78, 5) is 0. The fourth-order valence-electron chi connectivity index (χ4n) is 1.65. The molecule has 17 heavy (non-hydrogen) atoms. The van der Waals surface area contributed by atoms with E-state index in [1.165, 1.54) is 6.07 Å². The number of furan rings is 1. The third kappa shape index (κ3) is 4.49. The Kier molecular flexibility index (Phi) is 4.35. The molecule has 1 heterocycles. The van der Waals surface area contributed by atoms with Crippen LogP contribution < -0.4 is 10.5 Å². The van der Waals surface area contributed by atoms with E-state index >= 15 is 0 Å². The van der Waals surface area contributed by atoms with Crippen LogP contribution in [0.15, 0.2) is 21.6 Å². The summed E-state index contributed by atoms with van der Waals surface area (Å²) < 4.78 is 27.2. The van der Waals surface area contributed by atoms with Crippen LogP contribution in [0.4, 0.5) is 0 Å². The Labute approximate surface area is 102 Å². The lowest BCUT2D eigenvalue weighted by Gasteiger charge is -2.25. The fraction of sp³-hybridized carbons (Fsp3) is 0.636. The second kappa shape index (κ2) is 5.20. The van der Waals surface area contributed by atoms with Gasteiger partial charge < -0.3 is 9.73 Å². The highest BCUT2D eigenvalue weighted by Gasteiger charge is 2.17. The highest BCUT2D eigenvalue weighted by atomic mass is 32.2. The van der Waals surface area contributed by atoms with Crippen molar-refractivity contribution < 1.29 is 12.8 Å². The number of rotatable bonds is 6. The first-order chi connectivity index (χ1) is 7.74. The molecule has 0 radical (unpaired) electrons. The van der Waals surface area contributed by atoms with Gasteiger partial charge in [-0.15, -0.1) is 0 Å². The largest absolute Gasteiger partial charge is 0.447 e. The Morgan fingerprint density at radius 2 is 2.06 bits per heavy atom. The van der Waals surface area contributed by atoms with E-state index in [1.807, 2.05) is 0 Å². The average Bonchev–Trinajstić information content (AvgIpc) is 2.62. The number of sulfonamides is 1. The zero-order valence-corrected chi connectivity index (χ0v) is 11.3. The summed E-state index contributed by atoms with van der Waals surface area (Å²) >= 11 is 0. The minimum absolute atomic E-state index is 0.00327. The van der Waals surface area contributed by atoms with E-state index in [9.17, 15) is 8.42 Å². The molecular formula is C11H20N2O3S. The van der Waals surface area contributed by atoms with Crippen LogP contribution in [0.3, 0.4) is 0 Å². The van der Waals surface area contributed by atoms with Gasteiger partial charge in [-0.1, -0.05) is 13.3 Å². The van der Waals surface area contributed by atoms with Crippen LogP contribution in [0, 0.1) is 0 Å². The SMILES string of the molecule is CCCC(C)(C)NCc1ccc(S(N)(=O)=O)o1. The van der Waals surface area contributed by atoms with Crippen molar-refractivity contribution in [1.82, 2.24) is 5.32 Å². The van der Waals surface area contributed by atoms with Gasteiger partial charge in [0, 0.05) is 5.54 Å². The summed E-state index contributed by atoms with van der Waals surface area (Å²) in [5.41, 5.74) is 0.00327. The van der Waals surface area contributed by atoms with Crippen molar-refractivity contribution in [2.24, 2.45) is 5.14 Å². The quantitative estimate of drug-likeness (QED) is 0.813. The zero-order chi connectivity index (χ0) is 13.1. The first kappa shape index (κ1) is 14.2. The highest BCUT2D eigenvalue weighted by molar-refractivity contribution is 7.89. The maximum absolute atomic E-state index is 11.0. The number of hydrogen-bond acceptors (Lipinski definition) is 4. The van der Waals surface area contributed by atoms with Gasteiger partial charge in [0.1, 0.15) is 5.76 Å². The summed E-state index contributed by atoms with van der Waals surface area (Å²) in [5, 5.41) is 8.08. The molecule has 5 nitrogen and oxygen atoms in total. The molecule has 1 aromatic rings. The number of primary sulfonamides is 1. The molecule has 1 rings (SSSR count). The van der Waals surface area contributed by atoms with E-state index in [0.29, 0.717) is 12.3 Å². The summed E-state index contributed by atoms with van der Waals surface area (Å²) in [5.74, 6) is 0.568. The first-order valence-corrected chi connectivity index (χ1v) is 7.16. The van der Waals surface area contributed by atoms with Crippen molar-refractivity contribution in [3.8, 4) is 0 Å². The van der Waals surface area contributed by atoms with Gasteiger partial charge in [-0.3, -0.25) is 0 Å². The molecule has 3 N–H and O–H groups in total. The molecule has 0 aromatic carbocycles. The molecule has 6 heteroatoms. The van der Waals surface area contributed by atoms with Crippen LogP contribution in [-0.4, -0.2) is 14.0 Å². The molecule has 1 aromatic heterocycles. The third-order valence-corrected chi connectivity index (χ3v) is 3.31. The van der Waals surface area contributed by atoms with E-state index in [2.05, 4.69) is 26.1 Å². The standard InChI is InChI=1S/C11H20N2O3S/c1-4-7-11(2,3)13-8-9-5-6-10(16-9)17(12,14)15/h5-6,13H,4,7-8H2,1-3H3,(H2,12,14,15). The maximum atomic E-state index is 11.0. The zero-order valence-electron chi connectivity index (χ0n) is 10.5. The second-order valence-electron chi connectivity index (χ2n) is 4.75. The molecule has 0 amide bonds. The molecule has 0 fully saturated rings. The van der Waals surface area contributed by atoms with Crippen LogP contribution >= 0.6 is 0 Å². The first-order valence-electron chi connectivity index (χ1n) is 5.61. The monoisotopic (exact) mass is 260 g/mol. The van der Waals surface area contributed by atoms with Crippen molar-refractivity contribution in [2.45, 2.75) is 50.8 Å². The van der Waals surface area contributed by atoms with Gasteiger partial charge in [0.2, 0.25) is 5.09 Å². The van der Waals surface area contributed by atoms with Gasteiger partial charge in [-0.05, 0) is 32.4 Å². The molecule has 0 saturated carbocycles. The normalized spacial score (nSPS) is 12.9. The Bertz CT molecular complexity index is 463. The summed E-state index contributed by atoms with van der Waals surface area (Å²) in [6.45, 7) is 6.80. The minimum atomic E-state index is -3.74. The Morgan fingerprint density at radius 1 is 1.41 bits per heavy atom. The van der Waals surface area contributed by atoms with Gasteiger partial charge in [0.25, 0.3) is 10.0 Å². The molecule has 0 spiro atoms. The summed E-state index contributed by atoms with van der Waals surface area (Å²) in [6.07, 6.45) is 2.12. The Hall–Kier alpha value is -0.850. The number of nitrogens with one attached hydrogen (secondary N) is 1. The molecular weight excluding hydrogens is 240 g/mol. The van der Waals surface area contributed by atoms with Crippen LogP contribution in [0.5, 0.6) is 0 Å². The Morgan fingerprint density at radius 3 is 2.53 bits per heavy atom. The molecule has 0 atom stereocenters. The lowest BCUT2D eigenvalue weighted by Crippen LogP contribution is -2.38. The molecule has 0 aliphatic carbocycles. The van der Waals surface area contributed by atoms with Crippen molar-refractivity contribution in [1.29, 1.82) is 0 Å². The predicted molar refractivity (Wildman–Crippen MR) is 65.9 cm³/mol. The van der Waals surface area contributed by atoms with E-state index in [-0.39, 0.29) is 10.6 Å². The van der Waals surface area contributed by atoms with Crippen molar-refractivity contribution in [3.63, 3.8) is 0 Å². The predicted octanol–water partition coefficient (Wildman–Crippen LogP) is 1.60. The average molecular weight is 260 g/mol. The van der Waals surface area contributed by atoms with Gasteiger partial charge in [-0.2, -0.15) is 0 Å². The molecule has 0 aliphatic heterocycles. The minimum Gasteiger partial charge on any atom is -0.447 e. The van der Waals surface area contributed by atoms with Crippen molar-refractivity contribution in [3.05, 3.63) is 17.9 Å². The van der Waals surface area contributed by atoms with Crippen LogP contribution in [-0.2, 0) is 16.6 Å². The van der Waals surface area contributed by atoms with E-state index < -0.39 is 10.0 Å². The van der Waals surface area contributed by atoms with E-state index in [4.69, 9.17) is 9.56 Å². The molecule has 0 unspecified atom stereocenters. The highest BCUT2D eigenvalue weighted by Crippen LogP contribution is 2.15. The third-order valence-electron chi connectivity index (χ3n) is 2.53. The second-order valence-corrected chi connectivity index (χ2v) is 6.25. The van der Waals surface area contributed by atoms with Crippen LogP contribution in [0.2, 0.25) is 0 Å². The molecule has 0 saturated heterocycles. The van der Waals surface area contributed by atoms with Crippen molar-refractivity contribution >= 4 is 10.0 Å². The number of nitrogens with two attached hydrogens (primary N) is 1. The van der Waals surface area contributed by atoms with Crippen LogP contribution in [0.25, 0.3) is 0 Å². The van der Waals surface area contributed by atoms with Gasteiger partial charge in [-0.25, -0.2) is 13.6 Å².